The fourth-order valence-electron chi connectivity index (χ4n) is 1.82. The smallest absolute Gasteiger partial charge is 0.371 e. The number of carboxylic acid groups (broad SMARTS) is 1. The monoisotopic (exact) mass is 253 g/mol. The second-order valence-electron chi connectivity index (χ2n) is 4.14. The lowest BCUT2D eigenvalue weighted by Gasteiger charge is -2.21. The maximum atomic E-state index is 11.7. The van der Waals surface area contributed by atoms with E-state index < -0.39 is 12.1 Å². The zero-order valence-electron chi connectivity index (χ0n) is 9.85. The summed E-state index contributed by atoms with van der Waals surface area (Å²) < 4.78 is 10.4. The van der Waals surface area contributed by atoms with Crippen molar-refractivity contribution in [3.05, 3.63) is 23.7 Å². The van der Waals surface area contributed by atoms with Crippen LogP contribution in [0, 0.1) is 0 Å². The molecule has 1 atom stereocenters. The van der Waals surface area contributed by atoms with Gasteiger partial charge in [0.05, 0.1) is 6.54 Å². The highest BCUT2D eigenvalue weighted by Crippen LogP contribution is 2.13. The Balaban J connectivity index is 1.82. The van der Waals surface area contributed by atoms with Gasteiger partial charge in [-0.25, -0.2) is 4.79 Å². The number of hydrogen-bond acceptors (Lipinski definition) is 4. The van der Waals surface area contributed by atoms with E-state index in [1.165, 1.54) is 12.1 Å². The standard InChI is InChI=1S/C12H15NO5/c14-11(9-3-1-2-6-17-9)13-7-8-4-5-10(18-8)12(15)16/h4-5,9H,1-3,6-7H2,(H,13,14)(H,15,16)/t9-/m0/s1. The van der Waals surface area contributed by atoms with Gasteiger partial charge in [0.1, 0.15) is 11.9 Å². The molecule has 6 heteroatoms. The molecule has 98 valence electrons. The third-order valence-electron chi connectivity index (χ3n) is 2.78. The predicted molar refractivity (Wildman–Crippen MR) is 61.1 cm³/mol. The van der Waals surface area contributed by atoms with Crippen LogP contribution < -0.4 is 5.32 Å². The molecule has 1 aliphatic rings. The average molecular weight is 253 g/mol. The highest BCUT2D eigenvalue weighted by atomic mass is 16.5. The fourth-order valence-corrected chi connectivity index (χ4v) is 1.82. The molecule has 0 unspecified atom stereocenters. The van der Waals surface area contributed by atoms with Crippen molar-refractivity contribution in [2.75, 3.05) is 6.61 Å². The van der Waals surface area contributed by atoms with Gasteiger partial charge in [0.25, 0.3) is 0 Å². The third kappa shape index (κ3) is 3.10. The molecule has 1 aromatic rings. The average Bonchev–Trinajstić information content (AvgIpc) is 2.86. The highest BCUT2D eigenvalue weighted by Gasteiger charge is 2.21. The van der Waals surface area contributed by atoms with Gasteiger partial charge in [-0.15, -0.1) is 0 Å². The van der Waals surface area contributed by atoms with Gasteiger partial charge in [-0.2, -0.15) is 0 Å². The maximum Gasteiger partial charge on any atom is 0.371 e. The summed E-state index contributed by atoms with van der Waals surface area (Å²) in [6.45, 7) is 0.786. The molecule has 0 spiro atoms. The number of hydrogen-bond donors (Lipinski definition) is 2. The first-order valence-electron chi connectivity index (χ1n) is 5.88. The van der Waals surface area contributed by atoms with E-state index in [-0.39, 0.29) is 18.2 Å². The SMILES string of the molecule is O=C(O)c1ccc(CNC(=O)[C@@H]2CCCCO2)o1. The van der Waals surface area contributed by atoms with E-state index in [2.05, 4.69) is 5.32 Å². The molecular formula is C12H15NO5. The summed E-state index contributed by atoms with van der Waals surface area (Å²) in [6.07, 6.45) is 2.31. The lowest BCUT2D eigenvalue weighted by molar-refractivity contribution is -0.135. The molecule has 0 radical (unpaired) electrons. The summed E-state index contributed by atoms with van der Waals surface area (Å²) >= 11 is 0. The molecule has 0 saturated carbocycles. The van der Waals surface area contributed by atoms with E-state index in [0.717, 1.165) is 19.3 Å². The van der Waals surface area contributed by atoms with Crippen molar-refractivity contribution in [3.63, 3.8) is 0 Å². The number of carboxylic acids is 1. The molecule has 2 rings (SSSR count). The quantitative estimate of drug-likeness (QED) is 0.840. The van der Waals surface area contributed by atoms with Crippen LogP contribution in [0.1, 0.15) is 35.6 Å². The summed E-state index contributed by atoms with van der Waals surface area (Å²) in [5.74, 6) is -1.02. The van der Waals surface area contributed by atoms with E-state index in [4.69, 9.17) is 14.3 Å². The number of furan rings is 1. The van der Waals surface area contributed by atoms with Crippen molar-refractivity contribution in [1.29, 1.82) is 0 Å². The molecule has 0 bridgehead atoms. The Morgan fingerprint density at radius 3 is 2.83 bits per heavy atom. The Morgan fingerprint density at radius 1 is 1.39 bits per heavy atom. The number of ether oxygens (including phenoxy) is 1. The molecule has 1 aromatic heterocycles. The van der Waals surface area contributed by atoms with E-state index >= 15 is 0 Å². The molecule has 1 fully saturated rings. The van der Waals surface area contributed by atoms with Gasteiger partial charge in [0.15, 0.2) is 0 Å². The van der Waals surface area contributed by atoms with Crippen molar-refractivity contribution in [2.24, 2.45) is 0 Å². The predicted octanol–water partition coefficient (Wildman–Crippen LogP) is 1.16. The number of amides is 1. The molecule has 0 aliphatic carbocycles. The number of rotatable bonds is 4. The van der Waals surface area contributed by atoms with Crippen LogP contribution >= 0.6 is 0 Å². The van der Waals surface area contributed by atoms with Crippen LogP contribution in [0.2, 0.25) is 0 Å². The van der Waals surface area contributed by atoms with Crippen LogP contribution in [0.25, 0.3) is 0 Å². The van der Waals surface area contributed by atoms with Gasteiger partial charge in [0, 0.05) is 6.61 Å². The zero-order valence-corrected chi connectivity index (χ0v) is 9.85. The summed E-state index contributed by atoms with van der Waals surface area (Å²) in [5, 5.41) is 11.3. The number of carbonyl (C=O) groups is 2. The van der Waals surface area contributed by atoms with Crippen molar-refractivity contribution < 1.29 is 23.8 Å². The van der Waals surface area contributed by atoms with Crippen molar-refractivity contribution in [3.8, 4) is 0 Å². The van der Waals surface area contributed by atoms with Crippen LogP contribution in [0.15, 0.2) is 16.5 Å². The highest BCUT2D eigenvalue weighted by molar-refractivity contribution is 5.84. The van der Waals surface area contributed by atoms with Crippen molar-refractivity contribution in [2.45, 2.75) is 31.9 Å². The first-order chi connectivity index (χ1) is 8.66. The Kier molecular flexibility index (Phi) is 3.99. The van der Waals surface area contributed by atoms with Crippen LogP contribution in [0.5, 0.6) is 0 Å². The Morgan fingerprint density at radius 2 is 2.22 bits per heavy atom. The lowest BCUT2D eigenvalue weighted by Crippen LogP contribution is -2.37. The van der Waals surface area contributed by atoms with Gasteiger partial charge in [0.2, 0.25) is 11.7 Å². The fraction of sp³-hybridized carbons (Fsp3) is 0.500. The van der Waals surface area contributed by atoms with Crippen molar-refractivity contribution in [1.82, 2.24) is 5.32 Å². The first kappa shape index (κ1) is 12.6. The number of nitrogens with one attached hydrogen (secondary N) is 1. The molecule has 1 aliphatic heterocycles. The molecule has 2 N–H and O–H groups in total. The lowest BCUT2D eigenvalue weighted by atomic mass is 10.1. The molecule has 18 heavy (non-hydrogen) atoms. The van der Waals surface area contributed by atoms with Crippen LogP contribution in [-0.4, -0.2) is 29.7 Å². The largest absolute Gasteiger partial charge is 0.475 e. The number of aromatic carboxylic acids is 1. The van der Waals surface area contributed by atoms with Crippen LogP contribution in [0.3, 0.4) is 0 Å². The minimum atomic E-state index is -1.12. The van der Waals surface area contributed by atoms with E-state index in [9.17, 15) is 9.59 Å². The van der Waals surface area contributed by atoms with Gasteiger partial charge < -0.3 is 19.6 Å². The maximum absolute atomic E-state index is 11.7. The summed E-state index contributed by atoms with van der Waals surface area (Å²) in [4.78, 5) is 22.3. The first-order valence-corrected chi connectivity index (χ1v) is 5.88. The van der Waals surface area contributed by atoms with E-state index in [0.29, 0.717) is 12.4 Å². The second-order valence-corrected chi connectivity index (χ2v) is 4.14. The molecule has 6 nitrogen and oxygen atoms in total. The van der Waals surface area contributed by atoms with Crippen LogP contribution in [0.4, 0.5) is 0 Å². The molecule has 1 saturated heterocycles. The Labute approximate surface area is 104 Å². The molecular weight excluding hydrogens is 238 g/mol. The normalized spacial score (nSPS) is 19.4. The second kappa shape index (κ2) is 5.68. The molecule has 0 aromatic carbocycles. The topological polar surface area (TPSA) is 88.8 Å². The number of carbonyl (C=O) groups excluding carboxylic acids is 1. The van der Waals surface area contributed by atoms with Crippen molar-refractivity contribution >= 4 is 11.9 Å². The summed E-state index contributed by atoms with van der Waals surface area (Å²) in [5.41, 5.74) is 0. The Hall–Kier alpha value is -1.82. The van der Waals surface area contributed by atoms with Gasteiger partial charge >= 0.3 is 5.97 Å². The van der Waals surface area contributed by atoms with E-state index in [1.54, 1.807) is 0 Å². The zero-order chi connectivity index (χ0) is 13.0. The van der Waals surface area contributed by atoms with Crippen LogP contribution in [-0.2, 0) is 16.1 Å². The minimum absolute atomic E-state index is 0.131. The Bertz CT molecular complexity index is 433. The van der Waals surface area contributed by atoms with Gasteiger partial charge in [-0.1, -0.05) is 0 Å². The minimum Gasteiger partial charge on any atom is -0.475 e. The summed E-state index contributed by atoms with van der Waals surface area (Å²) in [6, 6.07) is 2.90. The molecule has 2 heterocycles. The summed E-state index contributed by atoms with van der Waals surface area (Å²) in [7, 11) is 0. The van der Waals surface area contributed by atoms with Gasteiger partial charge in [-0.05, 0) is 31.4 Å². The molecule has 1 amide bonds. The van der Waals surface area contributed by atoms with E-state index in [1.807, 2.05) is 0 Å². The third-order valence-corrected chi connectivity index (χ3v) is 2.78. The van der Waals surface area contributed by atoms with Gasteiger partial charge in [-0.3, -0.25) is 4.79 Å².